The topological polar surface area (TPSA) is 55.8 Å². The van der Waals surface area contributed by atoms with Gasteiger partial charge in [-0.2, -0.15) is 0 Å². The van der Waals surface area contributed by atoms with Gasteiger partial charge in [-0.25, -0.2) is 0 Å². The van der Waals surface area contributed by atoms with Gasteiger partial charge in [-0.1, -0.05) is 15.9 Å². The van der Waals surface area contributed by atoms with Gasteiger partial charge in [0, 0.05) is 30.2 Å². The number of hydrogen-bond donors (Lipinski definition) is 0. The Balaban J connectivity index is 2.85. The van der Waals surface area contributed by atoms with Crippen molar-refractivity contribution in [3.63, 3.8) is 0 Å². The highest BCUT2D eigenvalue weighted by Crippen LogP contribution is 2.17. The van der Waals surface area contributed by atoms with Crippen LogP contribution in [-0.2, 0) is 14.3 Å². The van der Waals surface area contributed by atoms with Crippen LogP contribution in [-0.4, -0.2) is 50.7 Å². The second-order valence-electron chi connectivity index (χ2n) is 4.57. The van der Waals surface area contributed by atoms with Gasteiger partial charge in [0.05, 0.1) is 20.1 Å². The number of rotatable bonds is 7. The number of ether oxygens (including phenoxy) is 2. The molecule has 0 aromatic heterocycles. The molecular formula is C15H20BrNO4. The summed E-state index contributed by atoms with van der Waals surface area (Å²) in [5.74, 6) is -0.446. The highest BCUT2D eigenvalue weighted by atomic mass is 79.9. The highest BCUT2D eigenvalue weighted by molar-refractivity contribution is 9.10. The Bertz CT molecular complexity index is 504. The van der Waals surface area contributed by atoms with Gasteiger partial charge < -0.3 is 14.4 Å². The molecule has 0 fully saturated rings. The third kappa shape index (κ3) is 5.47. The van der Waals surface area contributed by atoms with Crippen molar-refractivity contribution in [1.82, 2.24) is 4.90 Å². The number of aryl methyl sites for hydroxylation is 1. The maximum absolute atomic E-state index is 12.6. The van der Waals surface area contributed by atoms with Crippen molar-refractivity contribution in [3.05, 3.63) is 33.8 Å². The van der Waals surface area contributed by atoms with E-state index >= 15 is 0 Å². The summed E-state index contributed by atoms with van der Waals surface area (Å²) in [6.45, 7) is 3.04. The number of benzene rings is 1. The van der Waals surface area contributed by atoms with Gasteiger partial charge in [-0.05, 0) is 30.7 Å². The van der Waals surface area contributed by atoms with E-state index in [9.17, 15) is 9.59 Å². The Kier molecular flexibility index (Phi) is 7.39. The molecule has 0 aliphatic carbocycles. The Morgan fingerprint density at radius 3 is 2.52 bits per heavy atom. The molecule has 0 saturated heterocycles. The molecule has 6 heteroatoms. The number of amides is 1. The summed E-state index contributed by atoms with van der Waals surface area (Å²) in [5.41, 5.74) is 1.51. The third-order valence-corrected chi connectivity index (χ3v) is 3.58. The van der Waals surface area contributed by atoms with Crippen LogP contribution in [0.4, 0.5) is 0 Å². The van der Waals surface area contributed by atoms with Crippen LogP contribution < -0.4 is 0 Å². The molecule has 0 spiro atoms. The summed E-state index contributed by atoms with van der Waals surface area (Å²) < 4.78 is 10.6. The van der Waals surface area contributed by atoms with Crippen molar-refractivity contribution in [2.24, 2.45) is 0 Å². The molecule has 0 unspecified atom stereocenters. The first-order valence-electron chi connectivity index (χ1n) is 6.60. The molecule has 1 rings (SSSR count). The molecule has 21 heavy (non-hydrogen) atoms. The second-order valence-corrected chi connectivity index (χ2v) is 5.49. The zero-order valence-corrected chi connectivity index (χ0v) is 14.1. The molecule has 1 amide bonds. The van der Waals surface area contributed by atoms with E-state index in [4.69, 9.17) is 4.74 Å². The molecule has 0 aliphatic heterocycles. The summed E-state index contributed by atoms with van der Waals surface area (Å²) in [5, 5.41) is 0. The van der Waals surface area contributed by atoms with Crippen LogP contribution in [0.25, 0.3) is 0 Å². The van der Waals surface area contributed by atoms with E-state index in [1.807, 2.05) is 19.1 Å². The summed E-state index contributed by atoms with van der Waals surface area (Å²) in [7, 11) is 2.91. The van der Waals surface area contributed by atoms with Crippen molar-refractivity contribution < 1.29 is 19.1 Å². The van der Waals surface area contributed by atoms with E-state index in [-0.39, 0.29) is 18.3 Å². The van der Waals surface area contributed by atoms with Gasteiger partial charge in [-0.3, -0.25) is 9.59 Å². The SMILES string of the molecule is COCCN(CCC(=O)OC)C(=O)c1ccc(Br)cc1C. The van der Waals surface area contributed by atoms with Crippen LogP contribution in [0.5, 0.6) is 0 Å². The van der Waals surface area contributed by atoms with E-state index in [1.165, 1.54) is 7.11 Å². The predicted octanol–water partition coefficient (Wildman–Crippen LogP) is 2.41. The maximum Gasteiger partial charge on any atom is 0.307 e. The quantitative estimate of drug-likeness (QED) is 0.703. The van der Waals surface area contributed by atoms with E-state index in [0.29, 0.717) is 25.3 Å². The summed E-state index contributed by atoms with van der Waals surface area (Å²) in [6, 6.07) is 5.50. The molecular weight excluding hydrogens is 338 g/mol. The van der Waals surface area contributed by atoms with Gasteiger partial charge in [-0.15, -0.1) is 0 Å². The molecule has 0 saturated carbocycles. The first kappa shape index (κ1) is 17.7. The lowest BCUT2D eigenvalue weighted by Crippen LogP contribution is -2.36. The summed E-state index contributed by atoms with van der Waals surface area (Å²) in [4.78, 5) is 25.5. The molecule has 1 aromatic rings. The minimum atomic E-state index is -0.335. The van der Waals surface area contributed by atoms with E-state index in [2.05, 4.69) is 20.7 Å². The zero-order chi connectivity index (χ0) is 15.8. The smallest absolute Gasteiger partial charge is 0.307 e. The van der Waals surface area contributed by atoms with Crippen LogP contribution in [0.2, 0.25) is 0 Å². The first-order valence-corrected chi connectivity index (χ1v) is 7.40. The predicted molar refractivity (Wildman–Crippen MR) is 83.3 cm³/mol. The Morgan fingerprint density at radius 1 is 1.24 bits per heavy atom. The van der Waals surface area contributed by atoms with Crippen LogP contribution in [0.3, 0.4) is 0 Å². The maximum atomic E-state index is 12.6. The van der Waals surface area contributed by atoms with Crippen LogP contribution in [0.15, 0.2) is 22.7 Å². The average molecular weight is 358 g/mol. The standard InChI is InChI=1S/C15H20BrNO4/c1-11-10-12(16)4-5-13(11)15(19)17(8-9-20-2)7-6-14(18)21-3/h4-5,10H,6-9H2,1-3H3. The van der Waals surface area contributed by atoms with Gasteiger partial charge >= 0.3 is 5.97 Å². The molecule has 0 atom stereocenters. The lowest BCUT2D eigenvalue weighted by atomic mass is 10.1. The molecule has 116 valence electrons. The number of methoxy groups -OCH3 is 2. The molecule has 0 aliphatic rings. The third-order valence-electron chi connectivity index (χ3n) is 3.08. The number of halogens is 1. The highest BCUT2D eigenvalue weighted by Gasteiger charge is 2.18. The van der Waals surface area contributed by atoms with E-state index < -0.39 is 0 Å². The number of nitrogens with zero attached hydrogens (tertiary/aromatic N) is 1. The fraction of sp³-hybridized carbons (Fsp3) is 0.467. The minimum absolute atomic E-state index is 0.110. The largest absolute Gasteiger partial charge is 0.469 e. The average Bonchev–Trinajstić information content (AvgIpc) is 2.46. The molecule has 0 N–H and O–H groups in total. The van der Waals surface area contributed by atoms with Crippen molar-refractivity contribution in [2.75, 3.05) is 33.9 Å². The van der Waals surface area contributed by atoms with Crippen LogP contribution in [0, 0.1) is 6.92 Å². The number of esters is 1. The number of carbonyl (C=O) groups is 2. The lowest BCUT2D eigenvalue weighted by molar-refractivity contribution is -0.140. The molecule has 1 aromatic carbocycles. The monoisotopic (exact) mass is 357 g/mol. The van der Waals surface area contributed by atoms with Crippen molar-refractivity contribution in [1.29, 1.82) is 0 Å². The number of hydrogen-bond acceptors (Lipinski definition) is 4. The van der Waals surface area contributed by atoms with Crippen molar-refractivity contribution >= 4 is 27.8 Å². The minimum Gasteiger partial charge on any atom is -0.469 e. The first-order chi connectivity index (χ1) is 9.99. The fourth-order valence-electron chi connectivity index (χ4n) is 1.88. The molecule has 5 nitrogen and oxygen atoms in total. The molecule has 0 radical (unpaired) electrons. The van der Waals surface area contributed by atoms with Crippen LogP contribution >= 0.6 is 15.9 Å². The normalized spacial score (nSPS) is 10.3. The summed E-state index contributed by atoms with van der Waals surface area (Å²) >= 11 is 3.38. The fourth-order valence-corrected chi connectivity index (χ4v) is 2.36. The van der Waals surface area contributed by atoms with Crippen molar-refractivity contribution in [2.45, 2.75) is 13.3 Å². The van der Waals surface area contributed by atoms with E-state index in [1.54, 1.807) is 18.1 Å². The Hall–Kier alpha value is -1.40. The number of carbonyl (C=O) groups excluding carboxylic acids is 2. The Morgan fingerprint density at radius 2 is 1.95 bits per heavy atom. The van der Waals surface area contributed by atoms with E-state index in [0.717, 1.165) is 10.0 Å². The lowest BCUT2D eigenvalue weighted by Gasteiger charge is -2.23. The van der Waals surface area contributed by atoms with Gasteiger partial charge in [0.1, 0.15) is 0 Å². The Labute approximate surface area is 133 Å². The van der Waals surface area contributed by atoms with Gasteiger partial charge in [0.2, 0.25) is 0 Å². The van der Waals surface area contributed by atoms with Crippen molar-refractivity contribution in [3.8, 4) is 0 Å². The van der Waals surface area contributed by atoms with Gasteiger partial charge in [0.25, 0.3) is 5.91 Å². The van der Waals surface area contributed by atoms with Gasteiger partial charge in [0.15, 0.2) is 0 Å². The molecule has 0 heterocycles. The van der Waals surface area contributed by atoms with Crippen LogP contribution in [0.1, 0.15) is 22.3 Å². The second kappa shape index (κ2) is 8.79. The molecule has 0 bridgehead atoms. The zero-order valence-electron chi connectivity index (χ0n) is 12.5. The summed E-state index contributed by atoms with van der Waals surface area (Å²) in [6.07, 6.45) is 0.168.